The summed E-state index contributed by atoms with van der Waals surface area (Å²) >= 11 is 0. The minimum atomic E-state index is -1.61. The van der Waals surface area contributed by atoms with Crippen LogP contribution in [-0.4, -0.2) is 98.7 Å². The molecule has 1 heterocycles. The second kappa shape index (κ2) is 28.8. The van der Waals surface area contributed by atoms with Crippen LogP contribution in [0.5, 0.6) is 0 Å². The van der Waals surface area contributed by atoms with Gasteiger partial charge in [0.05, 0.1) is 25.4 Å². The summed E-state index contributed by atoms with van der Waals surface area (Å²) in [6.45, 7) is 1.33. The van der Waals surface area contributed by atoms with E-state index < -0.39 is 55.6 Å². The predicted molar refractivity (Wildman–Crippen MR) is 201 cm³/mol. The highest BCUT2D eigenvalue weighted by Crippen LogP contribution is 2.23. The molecule has 0 radical (unpaired) electrons. The summed E-state index contributed by atoms with van der Waals surface area (Å²) in [6, 6.07) is 9.57. The zero-order chi connectivity index (χ0) is 37.1. The van der Waals surface area contributed by atoms with E-state index in [0.29, 0.717) is 12.8 Å². The zero-order valence-electron chi connectivity index (χ0n) is 31.6. The third-order valence-electron chi connectivity index (χ3n) is 10.3. The molecular weight excluding hydrogens is 650 g/mol. The molecule has 1 aromatic carbocycles. The molecular formula is C41H73NO9. The van der Waals surface area contributed by atoms with Gasteiger partial charge in [0.2, 0.25) is 5.91 Å². The van der Waals surface area contributed by atoms with Gasteiger partial charge in [-0.25, -0.2) is 0 Å². The molecule has 8 atom stereocenters. The molecule has 1 aromatic rings. The fourth-order valence-corrected chi connectivity index (χ4v) is 6.86. The number of rotatable bonds is 31. The lowest BCUT2D eigenvalue weighted by atomic mass is 9.98. The predicted octanol–water partition coefficient (Wildman–Crippen LogP) is 5.85. The minimum Gasteiger partial charge on any atom is -0.394 e. The highest BCUT2D eigenvalue weighted by molar-refractivity contribution is 5.76. The van der Waals surface area contributed by atoms with Crippen LogP contribution in [0.3, 0.4) is 0 Å². The normalized spacial score (nSPS) is 22.5. The molecule has 2 rings (SSSR count). The molecule has 1 fully saturated rings. The molecule has 0 spiro atoms. The third kappa shape index (κ3) is 19.9. The smallest absolute Gasteiger partial charge is 0.220 e. The number of aryl methyl sites for hydroxylation is 1. The molecule has 0 aromatic heterocycles. The van der Waals surface area contributed by atoms with Crippen LogP contribution in [0.15, 0.2) is 30.3 Å². The second-order valence-electron chi connectivity index (χ2n) is 14.8. The van der Waals surface area contributed by atoms with Crippen LogP contribution < -0.4 is 5.32 Å². The first kappa shape index (κ1) is 45.5. The van der Waals surface area contributed by atoms with Crippen molar-refractivity contribution in [2.45, 2.75) is 204 Å². The van der Waals surface area contributed by atoms with Gasteiger partial charge < -0.3 is 45.4 Å². The average molecular weight is 724 g/mol. The molecule has 0 aliphatic carbocycles. The molecule has 0 bridgehead atoms. The van der Waals surface area contributed by atoms with Crippen LogP contribution in [-0.2, 0) is 20.7 Å². The first-order valence-electron chi connectivity index (χ1n) is 20.4. The Morgan fingerprint density at radius 1 is 0.725 bits per heavy atom. The Hall–Kier alpha value is -1.63. The minimum absolute atomic E-state index is 0.269. The van der Waals surface area contributed by atoms with E-state index in [0.717, 1.165) is 51.4 Å². The Bertz CT molecular complexity index is 968. The van der Waals surface area contributed by atoms with Gasteiger partial charge in [-0.3, -0.25) is 4.79 Å². The summed E-state index contributed by atoms with van der Waals surface area (Å²) in [6.07, 6.45) is 15.0. The lowest BCUT2D eigenvalue weighted by molar-refractivity contribution is -0.303. The summed E-state index contributed by atoms with van der Waals surface area (Å²) in [5.74, 6) is -0.269. The van der Waals surface area contributed by atoms with Gasteiger partial charge >= 0.3 is 0 Å². The van der Waals surface area contributed by atoms with Gasteiger partial charge in [0.1, 0.15) is 30.5 Å². The number of hydrogen-bond donors (Lipinski definition) is 7. The highest BCUT2D eigenvalue weighted by atomic mass is 16.7. The molecule has 296 valence electrons. The summed E-state index contributed by atoms with van der Waals surface area (Å²) in [4.78, 5) is 12.9. The van der Waals surface area contributed by atoms with Crippen molar-refractivity contribution in [2.24, 2.45) is 0 Å². The van der Waals surface area contributed by atoms with Gasteiger partial charge in [0, 0.05) is 6.42 Å². The molecule has 0 saturated carbocycles. The number of nitrogens with one attached hydrogen (secondary N) is 1. The van der Waals surface area contributed by atoms with Crippen LogP contribution in [0.1, 0.15) is 154 Å². The standard InChI is InChI=1S/C41H73NO9/c1-2-3-4-5-6-7-8-9-10-14-17-23-28-34(44)37(46)33(31-50-41-40(49)39(48)38(47)35(30-43)51-41)42-36(45)29-24-18-15-12-11-13-16-20-25-32-26-21-19-22-27-32/h19,21-22,26-27,33-35,37-41,43-44,46-49H,2-18,20,23-25,28-31H2,1H3,(H,42,45)/t33-,34+,35+,37-,38-,39-,40+,41-/m0/s1. The van der Waals surface area contributed by atoms with Crippen molar-refractivity contribution < 1.29 is 44.9 Å². The van der Waals surface area contributed by atoms with Gasteiger partial charge in [-0.05, 0) is 31.2 Å². The van der Waals surface area contributed by atoms with E-state index in [9.17, 15) is 35.4 Å². The Morgan fingerprint density at radius 3 is 1.82 bits per heavy atom. The van der Waals surface area contributed by atoms with E-state index in [1.54, 1.807) is 0 Å². The Morgan fingerprint density at radius 2 is 1.25 bits per heavy atom. The summed E-state index contributed by atoms with van der Waals surface area (Å²) in [7, 11) is 0. The molecule has 10 heteroatoms. The van der Waals surface area contributed by atoms with Crippen molar-refractivity contribution in [1.29, 1.82) is 0 Å². The van der Waals surface area contributed by atoms with Crippen LogP contribution >= 0.6 is 0 Å². The van der Waals surface area contributed by atoms with E-state index in [2.05, 4.69) is 36.5 Å². The van der Waals surface area contributed by atoms with Gasteiger partial charge in [0.25, 0.3) is 0 Å². The maximum Gasteiger partial charge on any atom is 0.220 e. The largest absolute Gasteiger partial charge is 0.394 e. The number of amides is 1. The zero-order valence-corrected chi connectivity index (χ0v) is 31.6. The van der Waals surface area contributed by atoms with Gasteiger partial charge in [0.15, 0.2) is 6.29 Å². The third-order valence-corrected chi connectivity index (χ3v) is 10.3. The Labute approximate surface area is 308 Å². The Balaban J connectivity index is 1.72. The van der Waals surface area contributed by atoms with Crippen molar-refractivity contribution in [3.05, 3.63) is 35.9 Å². The van der Waals surface area contributed by atoms with Crippen molar-refractivity contribution in [1.82, 2.24) is 5.32 Å². The first-order chi connectivity index (χ1) is 24.8. The van der Waals surface area contributed by atoms with E-state index >= 15 is 0 Å². The quantitative estimate of drug-likeness (QED) is 0.0465. The second-order valence-corrected chi connectivity index (χ2v) is 14.8. The van der Waals surface area contributed by atoms with Gasteiger partial charge in [-0.1, -0.05) is 153 Å². The number of hydrogen-bond acceptors (Lipinski definition) is 9. The fraction of sp³-hybridized carbons (Fsp3) is 0.829. The topological polar surface area (TPSA) is 169 Å². The number of carbonyl (C=O) groups is 1. The molecule has 51 heavy (non-hydrogen) atoms. The van der Waals surface area contributed by atoms with E-state index in [-0.39, 0.29) is 18.9 Å². The monoisotopic (exact) mass is 724 g/mol. The summed E-state index contributed by atoms with van der Waals surface area (Å²) < 4.78 is 11.1. The number of aliphatic hydroxyl groups excluding tert-OH is 6. The van der Waals surface area contributed by atoms with Crippen molar-refractivity contribution in [3.63, 3.8) is 0 Å². The van der Waals surface area contributed by atoms with E-state index in [1.807, 2.05) is 6.07 Å². The summed E-state index contributed by atoms with van der Waals surface area (Å²) in [5, 5.41) is 64.9. The molecule has 7 N–H and O–H groups in total. The number of unbranched alkanes of at least 4 members (excludes halogenated alkanes) is 18. The number of carbonyl (C=O) groups excluding carboxylic acids is 1. The van der Waals surface area contributed by atoms with E-state index in [4.69, 9.17) is 9.47 Å². The summed E-state index contributed by atoms with van der Waals surface area (Å²) in [5.41, 5.74) is 1.39. The average Bonchev–Trinajstić information content (AvgIpc) is 3.14. The number of ether oxygens (including phenoxy) is 2. The highest BCUT2D eigenvalue weighted by Gasteiger charge is 2.44. The molecule has 1 amide bonds. The van der Waals surface area contributed by atoms with Crippen LogP contribution in [0, 0.1) is 0 Å². The Kier molecular flexibility index (Phi) is 25.7. The first-order valence-corrected chi connectivity index (χ1v) is 20.4. The van der Waals surface area contributed by atoms with Crippen LogP contribution in [0.4, 0.5) is 0 Å². The van der Waals surface area contributed by atoms with Crippen molar-refractivity contribution >= 4 is 5.91 Å². The lowest BCUT2D eigenvalue weighted by Crippen LogP contribution is -2.60. The maximum atomic E-state index is 12.9. The van der Waals surface area contributed by atoms with Crippen LogP contribution in [0.2, 0.25) is 0 Å². The number of aliphatic hydroxyl groups is 6. The molecule has 1 saturated heterocycles. The van der Waals surface area contributed by atoms with E-state index in [1.165, 1.54) is 82.6 Å². The van der Waals surface area contributed by atoms with Gasteiger partial charge in [-0.2, -0.15) is 0 Å². The van der Waals surface area contributed by atoms with Crippen molar-refractivity contribution in [3.8, 4) is 0 Å². The maximum absolute atomic E-state index is 12.9. The van der Waals surface area contributed by atoms with Crippen molar-refractivity contribution in [2.75, 3.05) is 13.2 Å². The SMILES string of the molecule is CCCCCCCCCCCCCC[C@@H](O)[C@@H](O)[C@H](CO[C@H]1O[C@H](CO)[C@H](O)[C@H](O)[C@H]1O)NC(=O)CCCCCCCCCCc1ccccc1. The molecule has 1 aliphatic heterocycles. The fourth-order valence-electron chi connectivity index (χ4n) is 6.86. The molecule has 0 unspecified atom stereocenters. The lowest BCUT2D eigenvalue weighted by Gasteiger charge is -2.40. The molecule has 1 aliphatic rings. The number of benzene rings is 1. The van der Waals surface area contributed by atoms with Gasteiger partial charge in [-0.15, -0.1) is 0 Å². The van der Waals surface area contributed by atoms with Crippen LogP contribution in [0.25, 0.3) is 0 Å². The molecule has 10 nitrogen and oxygen atoms in total.